The fourth-order valence-electron chi connectivity index (χ4n) is 2.67. The molecule has 3 heterocycles. The molecule has 4 aromatic rings. The summed E-state index contributed by atoms with van der Waals surface area (Å²) in [4.78, 5) is 40.1. The number of fused-ring (bicyclic) bond motifs is 1. The normalized spacial score (nSPS) is 11.6. The molecule has 4 N–H and O–H groups in total. The molecule has 4 rings (SSSR count). The van der Waals surface area contributed by atoms with Gasteiger partial charge < -0.3 is 19.9 Å². The zero-order valence-corrected chi connectivity index (χ0v) is 15.5. The largest absolute Gasteiger partial charge is 0.434 e. The van der Waals surface area contributed by atoms with E-state index in [1.54, 1.807) is 24.3 Å². The van der Waals surface area contributed by atoms with Gasteiger partial charge in [0.2, 0.25) is 23.3 Å². The van der Waals surface area contributed by atoms with Gasteiger partial charge >= 0.3 is 7.75 Å². The maximum Gasteiger partial charge on any atom is 0.434 e. The van der Waals surface area contributed by atoms with Crippen LogP contribution < -0.4 is 5.73 Å². The number of nitrogens with zero attached hydrogens (tertiary/aromatic N) is 4. The van der Waals surface area contributed by atoms with E-state index in [0.29, 0.717) is 5.39 Å². The van der Waals surface area contributed by atoms with Gasteiger partial charge in [0.05, 0.1) is 11.1 Å². The topological polar surface area (TPSA) is 168 Å². The van der Waals surface area contributed by atoms with Crippen LogP contribution in [0.5, 0.6) is 0 Å². The van der Waals surface area contributed by atoms with Crippen molar-refractivity contribution >= 4 is 41.7 Å². The number of thiazole rings is 1. The van der Waals surface area contributed by atoms with Gasteiger partial charge in [-0.05, 0) is 6.07 Å². The minimum absolute atomic E-state index is 0.00185. The Balaban J connectivity index is 1.78. The van der Waals surface area contributed by atoms with Crippen LogP contribution in [0.1, 0.15) is 21.1 Å². The van der Waals surface area contributed by atoms with Crippen LogP contribution in [0.3, 0.4) is 0 Å². The van der Waals surface area contributed by atoms with Crippen LogP contribution in [-0.2, 0) is 4.57 Å². The van der Waals surface area contributed by atoms with E-state index in [4.69, 9.17) is 15.4 Å². The number of ketones is 1. The molecule has 0 aliphatic heterocycles. The SMILES string of the molecule is N#Cc1nc(-c2csc(C(=O)c3cn(P(=O)(O)O)c4ccccc34)n2)oc1N. The lowest BCUT2D eigenvalue weighted by Gasteiger charge is -2.05. The molecule has 0 amide bonds. The van der Waals surface area contributed by atoms with E-state index in [9.17, 15) is 19.1 Å². The lowest BCUT2D eigenvalue weighted by molar-refractivity contribution is 0.104. The number of nitriles is 1. The number of anilines is 1. The third kappa shape index (κ3) is 2.90. The Morgan fingerprint density at radius 1 is 1.32 bits per heavy atom. The fourth-order valence-corrected chi connectivity index (χ4v) is 4.14. The van der Waals surface area contributed by atoms with Gasteiger partial charge in [-0.25, -0.2) is 9.55 Å². The van der Waals surface area contributed by atoms with Crippen molar-refractivity contribution in [1.29, 1.82) is 5.26 Å². The fraction of sp³-hybridized carbons (Fsp3) is 0. The van der Waals surface area contributed by atoms with Crippen LogP contribution in [0.15, 0.2) is 40.3 Å². The molecule has 10 nitrogen and oxygen atoms in total. The molecule has 0 saturated heterocycles. The molecular formula is C16H10N5O5PS. The Labute approximate surface area is 160 Å². The van der Waals surface area contributed by atoms with Gasteiger partial charge in [-0.2, -0.15) is 10.2 Å². The van der Waals surface area contributed by atoms with E-state index in [1.165, 1.54) is 11.4 Å². The van der Waals surface area contributed by atoms with Gasteiger partial charge in [0.25, 0.3) is 0 Å². The Kier molecular flexibility index (Phi) is 4.14. The van der Waals surface area contributed by atoms with Crippen LogP contribution in [0.25, 0.3) is 22.5 Å². The smallest absolute Gasteiger partial charge is 0.418 e. The quantitative estimate of drug-likeness (QED) is 0.335. The number of carbonyl (C=O) groups excluding carboxylic acids is 1. The van der Waals surface area contributed by atoms with Gasteiger partial charge in [-0.3, -0.25) is 9.13 Å². The molecule has 0 aliphatic carbocycles. The summed E-state index contributed by atoms with van der Waals surface area (Å²) in [5.41, 5.74) is 6.01. The molecule has 0 aliphatic rings. The second kappa shape index (κ2) is 6.40. The third-order valence-corrected chi connectivity index (χ3v) is 5.63. The number of hydrogen-bond donors (Lipinski definition) is 3. The summed E-state index contributed by atoms with van der Waals surface area (Å²) >= 11 is 1.01. The maximum absolute atomic E-state index is 12.9. The Hall–Kier alpha value is -3.29. The number of oxazole rings is 1. The first-order chi connectivity index (χ1) is 13.3. The monoisotopic (exact) mass is 415 g/mol. The van der Waals surface area contributed by atoms with Crippen LogP contribution in [-0.4, -0.2) is 29.9 Å². The average Bonchev–Trinajstić information content (AvgIpc) is 3.36. The van der Waals surface area contributed by atoms with Crippen molar-refractivity contribution in [3.63, 3.8) is 0 Å². The van der Waals surface area contributed by atoms with Gasteiger partial charge in [-0.1, -0.05) is 18.2 Å². The molecule has 0 radical (unpaired) electrons. The Bertz CT molecular complexity index is 1320. The zero-order chi connectivity index (χ0) is 20.1. The number of aromatic nitrogens is 3. The first-order valence-electron chi connectivity index (χ1n) is 7.63. The molecule has 0 unspecified atom stereocenters. The van der Waals surface area contributed by atoms with Crippen molar-refractivity contribution in [2.24, 2.45) is 0 Å². The van der Waals surface area contributed by atoms with Gasteiger partial charge in [0.1, 0.15) is 11.8 Å². The minimum atomic E-state index is -4.65. The van der Waals surface area contributed by atoms with Gasteiger partial charge in [0, 0.05) is 17.0 Å². The van der Waals surface area contributed by atoms with Crippen LogP contribution in [0.4, 0.5) is 5.88 Å². The molecule has 0 saturated carbocycles. The highest BCUT2D eigenvalue weighted by Crippen LogP contribution is 2.42. The third-order valence-electron chi connectivity index (χ3n) is 3.89. The summed E-state index contributed by atoms with van der Waals surface area (Å²) in [7, 11) is -4.65. The van der Waals surface area contributed by atoms with E-state index >= 15 is 0 Å². The van der Waals surface area contributed by atoms with Crippen LogP contribution in [0.2, 0.25) is 0 Å². The molecule has 0 spiro atoms. The van der Waals surface area contributed by atoms with E-state index in [0.717, 1.165) is 21.9 Å². The first kappa shape index (κ1) is 18.1. The average molecular weight is 415 g/mol. The molecule has 28 heavy (non-hydrogen) atoms. The minimum Gasteiger partial charge on any atom is -0.418 e. The molecule has 3 aromatic heterocycles. The van der Waals surface area contributed by atoms with Crippen molar-refractivity contribution in [3.05, 3.63) is 52.1 Å². The van der Waals surface area contributed by atoms with E-state index in [1.807, 2.05) is 0 Å². The molecule has 0 bridgehead atoms. The number of hydrogen-bond acceptors (Lipinski definition) is 8. The number of nitrogen functional groups attached to an aromatic ring is 1. The second-order valence-corrected chi connectivity index (χ2v) is 7.94. The summed E-state index contributed by atoms with van der Waals surface area (Å²) in [6.07, 6.45) is 1.12. The van der Waals surface area contributed by atoms with Gasteiger partial charge in [0.15, 0.2) is 5.01 Å². The van der Waals surface area contributed by atoms with Gasteiger partial charge in [-0.15, -0.1) is 11.3 Å². The highest BCUT2D eigenvalue weighted by molar-refractivity contribution is 7.50. The summed E-state index contributed by atoms with van der Waals surface area (Å²) in [5, 5.41) is 10.9. The molecule has 0 atom stereocenters. The number of carbonyl (C=O) groups is 1. The molecule has 140 valence electrons. The van der Waals surface area contributed by atoms with Crippen molar-refractivity contribution in [2.75, 3.05) is 5.73 Å². The van der Waals surface area contributed by atoms with Crippen molar-refractivity contribution in [2.45, 2.75) is 0 Å². The molecule has 12 heteroatoms. The van der Waals surface area contributed by atoms with E-state index in [-0.39, 0.29) is 39.3 Å². The summed E-state index contributed by atoms with van der Waals surface area (Å²) in [6.45, 7) is 0. The lowest BCUT2D eigenvalue weighted by Crippen LogP contribution is -2.00. The summed E-state index contributed by atoms with van der Waals surface area (Å²) in [6, 6.07) is 8.16. The highest BCUT2D eigenvalue weighted by Gasteiger charge is 2.26. The maximum atomic E-state index is 12.9. The summed E-state index contributed by atoms with van der Waals surface area (Å²) in [5.74, 6) is -0.662. The molecule has 0 fully saturated rings. The van der Waals surface area contributed by atoms with Crippen molar-refractivity contribution in [1.82, 2.24) is 14.3 Å². The predicted octanol–water partition coefficient (Wildman–Crippen LogP) is 2.38. The lowest BCUT2D eigenvalue weighted by atomic mass is 10.1. The summed E-state index contributed by atoms with van der Waals surface area (Å²) < 4.78 is 17.7. The highest BCUT2D eigenvalue weighted by atomic mass is 32.1. The number of nitrogens with two attached hydrogens (primary N) is 1. The number of rotatable bonds is 4. The molecular weight excluding hydrogens is 405 g/mol. The standard InChI is InChI=1S/C16H10N5O5PS/c17-5-10-14(18)26-15(19-10)11-7-28-16(20-11)13(22)9-6-21(27(23,24)25)12-4-2-1-3-8(9)12/h1-4,6-7H,18H2,(H2,23,24,25). The van der Waals surface area contributed by atoms with E-state index < -0.39 is 13.5 Å². The van der Waals surface area contributed by atoms with Crippen LogP contribution in [0, 0.1) is 11.3 Å². The Morgan fingerprint density at radius 3 is 2.75 bits per heavy atom. The van der Waals surface area contributed by atoms with Crippen LogP contribution >= 0.6 is 19.1 Å². The Morgan fingerprint density at radius 2 is 2.07 bits per heavy atom. The van der Waals surface area contributed by atoms with E-state index in [2.05, 4.69) is 9.97 Å². The van der Waals surface area contributed by atoms with Crippen molar-refractivity contribution < 1.29 is 23.6 Å². The number of benzene rings is 1. The molecule has 1 aromatic carbocycles. The zero-order valence-electron chi connectivity index (χ0n) is 13.8. The predicted molar refractivity (Wildman–Crippen MR) is 99.6 cm³/mol. The first-order valence-corrected chi connectivity index (χ1v) is 10.1. The second-order valence-electron chi connectivity index (χ2n) is 5.63. The number of para-hydroxylation sites is 1. The van der Waals surface area contributed by atoms with Crippen molar-refractivity contribution in [3.8, 4) is 17.7 Å².